The summed E-state index contributed by atoms with van der Waals surface area (Å²) in [5.74, 6) is 0.458. The Labute approximate surface area is 68.5 Å². The molecule has 60 valence electrons. The standard InChI is InChI=1S/C10H15N/c1-7(2)10-8(3)5-6-11-9(10)4/h5-6,9-10H,1H2,2-4H3. The van der Waals surface area contributed by atoms with Crippen LogP contribution < -0.4 is 0 Å². The van der Waals surface area contributed by atoms with E-state index in [-0.39, 0.29) is 0 Å². The molecule has 1 heteroatoms. The first-order valence-corrected chi connectivity index (χ1v) is 3.98. The Bertz CT molecular complexity index is 223. The lowest BCUT2D eigenvalue weighted by Gasteiger charge is -2.24. The third-order valence-corrected chi connectivity index (χ3v) is 2.16. The van der Waals surface area contributed by atoms with Crippen LogP contribution in [-0.2, 0) is 0 Å². The van der Waals surface area contributed by atoms with Crippen LogP contribution in [0.1, 0.15) is 20.8 Å². The van der Waals surface area contributed by atoms with Crippen molar-refractivity contribution in [2.45, 2.75) is 26.8 Å². The van der Waals surface area contributed by atoms with Crippen LogP contribution in [0.15, 0.2) is 28.8 Å². The largest absolute Gasteiger partial charge is 0.289 e. The van der Waals surface area contributed by atoms with E-state index in [1.807, 2.05) is 6.21 Å². The normalized spacial score (nSPS) is 29.9. The molecule has 0 spiro atoms. The zero-order valence-corrected chi connectivity index (χ0v) is 7.46. The second-order valence-corrected chi connectivity index (χ2v) is 3.27. The highest BCUT2D eigenvalue weighted by Crippen LogP contribution is 2.26. The Morgan fingerprint density at radius 1 is 1.64 bits per heavy atom. The van der Waals surface area contributed by atoms with Crippen molar-refractivity contribution < 1.29 is 0 Å². The Morgan fingerprint density at radius 2 is 2.27 bits per heavy atom. The lowest BCUT2D eigenvalue weighted by molar-refractivity contribution is 0.577. The van der Waals surface area contributed by atoms with Crippen LogP contribution in [0.25, 0.3) is 0 Å². The highest BCUT2D eigenvalue weighted by atomic mass is 14.8. The molecule has 0 aromatic rings. The molecule has 1 aliphatic rings. The topological polar surface area (TPSA) is 12.4 Å². The zero-order chi connectivity index (χ0) is 8.43. The Balaban J connectivity index is 2.86. The van der Waals surface area contributed by atoms with Gasteiger partial charge in [-0.3, -0.25) is 4.99 Å². The number of aliphatic imine (C=N–C) groups is 1. The molecule has 11 heavy (non-hydrogen) atoms. The van der Waals surface area contributed by atoms with E-state index >= 15 is 0 Å². The van der Waals surface area contributed by atoms with E-state index in [0.717, 1.165) is 0 Å². The van der Waals surface area contributed by atoms with Gasteiger partial charge >= 0.3 is 0 Å². The van der Waals surface area contributed by atoms with Gasteiger partial charge in [-0.05, 0) is 26.8 Å². The number of hydrogen-bond donors (Lipinski definition) is 0. The molecule has 1 rings (SSSR count). The maximum absolute atomic E-state index is 4.32. The smallest absolute Gasteiger partial charge is 0.0573 e. The average Bonchev–Trinajstić information content (AvgIpc) is 1.85. The van der Waals surface area contributed by atoms with Crippen LogP contribution in [0.4, 0.5) is 0 Å². The van der Waals surface area contributed by atoms with E-state index in [9.17, 15) is 0 Å². The van der Waals surface area contributed by atoms with E-state index in [1.165, 1.54) is 11.1 Å². The summed E-state index contributed by atoms with van der Waals surface area (Å²) in [4.78, 5) is 4.32. The summed E-state index contributed by atoms with van der Waals surface area (Å²) in [5.41, 5.74) is 2.59. The van der Waals surface area contributed by atoms with Crippen LogP contribution in [0.3, 0.4) is 0 Å². The maximum Gasteiger partial charge on any atom is 0.0573 e. The second kappa shape index (κ2) is 3.04. The lowest BCUT2D eigenvalue weighted by atomic mass is 9.86. The molecule has 0 bridgehead atoms. The molecule has 0 aromatic carbocycles. The fraction of sp³-hybridized carbons (Fsp3) is 0.500. The molecular weight excluding hydrogens is 134 g/mol. The molecule has 0 N–H and O–H groups in total. The molecule has 0 aliphatic carbocycles. The van der Waals surface area contributed by atoms with Crippen molar-refractivity contribution >= 4 is 6.21 Å². The Kier molecular flexibility index (Phi) is 2.28. The first kappa shape index (κ1) is 8.25. The number of hydrogen-bond acceptors (Lipinski definition) is 1. The molecule has 1 heterocycles. The summed E-state index contributed by atoms with van der Waals surface area (Å²) in [6.07, 6.45) is 3.96. The van der Waals surface area contributed by atoms with E-state index < -0.39 is 0 Å². The summed E-state index contributed by atoms with van der Waals surface area (Å²) in [5, 5.41) is 0. The predicted octanol–water partition coefficient (Wildman–Crippen LogP) is 2.60. The van der Waals surface area contributed by atoms with Gasteiger partial charge in [-0.2, -0.15) is 0 Å². The van der Waals surface area contributed by atoms with Gasteiger partial charge in [-0.25, -0.2) is 0 Å². The second-order valence-electron chi connectivity index (χ2n) is 3.27. The Morgan fingerprint density at radius 3 is 2.64 bits per heavy atom. The Hall–Kier alpha value is -0.850. The van der Waals surface area contributed by atoms with E-state index in [1.54, 1.807) is 0 Å². The third kappa shape index (κ3) is 1.59. The number of dihydropyridines is 1. The minimum absolute atomic E-state index is 0.373. The SMILES string of the molecule is C=C(C)C1C(C)=CC=NC1C. The summed E-state index contributed by atoms with van der Waals surface area (Å²) in [6, 6.07) is 0.373. The minimum Gasteiger partial charge on any atom is -0.289 e. The highest BCUT2D eigenvalue weighted by Gasteiger charge is 2.20. The van der Waals surface area contributed by atoms with Gasteiger partial charge < -0.3 is 0 Å². The molecule has 1 nitrogen and oxygen atoms in total. The van der Waals surface area contributed by atoms with Gasteiger partial charge in [0.05, 0.1) is 6.04 Å². The molecule has 0 fully saturated rings. The minimum atomic E-state index is 0.373. The van der Waals surface area contributed by atoms with Crippen molar-refractivity contribution in [3.63, 3.8) is 0 Å². The fourth-order valence-electron chi connectivity index (χ4n) is 1.67. The van der Waals surface area contributed by atoms with Crippen molar-refractivity contribution in [3.05, 3.63) is 23.8 Å². The lowest BCUT2D eigenvalue weighted by Crippen LogP contribution is -2.20. The van der Waals surface area contributed by atoms with Crippen LogP contribution in [0, 0.1) is 5.92 Å². The number of allylic oxidation sites excluding steroid dienone is 1. The summed E-state index contributed by atoms with van der Waals surface area (Å²) >= 11 is 0. The molecule has 0 radical (unpaired) electrons. The van der Waals surface area contributed by atoms with Gasteiger partial charge in [0.1, 0.15) is 0 Å². The summed E-state index contributed by atoms with van der Waals surface area (Å²) < 4.78 is 0. The molecule has 0 amide bonds. The molecule has 0 aromatic heterocycles. The van der Waals surface area contributed by atoms with E-state index in [2.05, 4.69) is 38.4 Å². The highest BCUT2D eigenvalue weighted by molar-refractivity contribution is 5.74. The quantitative estimate of drug-likeness (QED) is 0.508. The summed E-state index contributed by atoms with van der Waals surface area (Å²) in [6.45, 7) is 10.3. The van der Waals surface area contributed by atoms with Crippen molar-refractivity contribution in [3.8, 4) is 0 Å². The van der Waals surface area contributed by atoms with Crippen LogP contribution in [-0.4, -0.2) is 12.3 Å². The monoisotopic (exact) mass is 149 g/mol. The third-order valence-electron chi connectivity index (χ3n) is 2.16. The number of rotatable bonds is 1. The first-order valence-electron chi connectivity index (χ1n) is 3.98. The molecule has 0 saturated carbocycles. The van der Waals surface area contributed by atoms with Crippen LogP contribution in [0.5, 0.6) is 0 Å². The molecule has 1 aliphatic heterocycles. The van der Waals surface area contributed by atoms with Crippen molar-refractivity contribution in [1.29, 1.82) is 0 Å². The van der Waals surface area contributed by atoms with Crippen molar-refractivity contribution in [2.75, 3.05) is 0 Å². The molecule has 0 saturated heterocycles. The van der Waals surface area contributed by atoms with Gasteiger partial charge in [-0.15, -0.1) is 0 Å². The van der Waals surface area contributed by atoms with Gasteiger partial charge in [0.25, 0.3) is 0 Å². The molecular formula is C10H15N. The van der Waals surface area contributed by atoms with Gasteiger partial charge in [0, 0.05) is 12.1 Å². The van der Waals surface area contributed by atoms with Gasteiger partial charge in [0.15, 0.2) is 0 Å². The van der Waals surface area contributed by atoms with E-state index in [0.29, 0.717) is 12.0 Å². The van der Waals surface area contributed by atoms with E-state index in [4.69, 9.17) is 0 Å². The van der Waals surface area contributed by atoms with Crippen LogP contribution >= 0.6 is 0 Å². The summed E-state index contributed by atoms with van der Waals surface area (Å²) in [7, 11) is 0. The maximum atomic E-state index is 4.32. The zero-order valence-electron chi connectivity index (χ0n) is 7.46. The molecule has 2 atom stereocenters. The van der Waals surface area contributed by atoms with Crippen LogP contribution in [0.2, 0.25) is 0 Å². The van der Waals surface area contributed by atoms with Gasteiger partial charge in [-0.1, -0.05) is 17.7 Å². The number of nitrogens with zero attached hydrogens (tertiary/aromatic N) is 1. The first-order chi connectivity index (χ1) is 5.13. The van der Waals surface area contributed by atoms with Crippen molar-refractivity contribution in [2.24, 2.45) is 10.9 Å². The molecule has 2 unspecified atom stereocenters. The van der Waals surface area contributed by atoms with Crippen molar-refractivity contribution in [1.82, 2.24) is 0 Å². The van der Waals surface area contributed by atoms with Gasteiger partial charge in [0.2, 0.25) is 0 Å². The average molecular weight is 149 g/mol. The predicted molar refractivity (Wildman–Crippen MR) is 50.0 cm³/mol. The fourth-order valence-corrected chi connectivity index (χ4v) is 1.67.